The molecule has 238 valence electrons. The van der Waals surface area contributed by atoms with Crippen molar-refractivity contribution >= 4 is 75.3 Å². The molecule has 0 saturated heterocycles. The maximum atomic E-state index is 5.34. The molecule has 11 rings (SSSR count). The van der Waals surface area contributed by atoms with Crippen molar-refractivity contribution in [3.05, 3.63) is 158 Å². The van der Waals surface area contributed by atoms with Crippen LogP contribution in [0.4, 0.5) is 0 Å². The molecule has 0 unspecified atom stereocenters. The number of pyridine rings is 1. The van der Waals surface area contributed by atoms with E-state index < -0.39 is 0 Å². The van der Waals surface area contributed by atoms with Gasteiger partial charge in [-0.15, -0.1) is 11.3 Å². The highest BCUT2D eigenvalue weighted by Crippen LogP contribution is 2.41. The lowest BCUT2D eigenvalue weighted by molar-refractivity contribution is 0.952. The molecule has 51 heavy (non-hydrogen) atoms. The minimum Gasteiger partial charge on any atom is -0.293 e. The molecule has 0 amide bonds. The molecule has 6 aromatic carbocycles. The zero-order chi connectivity index (χ0) is 33.5. The van der Waals surface area contributed by atoms with Gasteiger partial charge in [-0.1, -0.05) is 97.1 Å². The van der Waals surface area contributed by atoms with E-state index in [4.69, 9.17) is 19.9 Å². The SMILES string of the molecule is c1ccc(-n2c3ccccc3c3cccnc32)c(-c2nc(-c3cccc4c3sc3ccccc34)nc(-n3c4ccccc4c4ccccc43)n2)c1. The summed E-state index contributed by atoms with van der Waals surface area (Å²) in [5, 5.41) is 6.99. The van der Waals surface area contributed by atoms with E-state index in [0.717, 1.165) is 65.3 Å². The molecule has 0 atom stereocenters. The number of thiophene rings is 1. The van der Waals surface area contributed by atoms with Gasteiger partial charge in [0.2, 0.25) is 5.95 Å². The van der Waals surface area contributed by atoms with Gasteiger partial charge >= 0.3 is 0 Å². The quantitative estimate of drug-likeness (QED) is 0.187. The fourth-order valence-electron chi connectivity index (χ4n) is 7.66. The van der Waals surface area contributed by atoms with Crippen LogP contribution in [-0.2, 0) is 0 Å². The monoisotopic (exact) mass is 670 g/mol. The van der Waals surface area contributed by atoms with E-state index in [0.29, 0.717) is 17.6 Å². The lowest BCUT2D eigenvalue weighted by atomic mass is 10.1. The Morgan fingerprint density at radius 3 is 1.73 bits per heavy atom. The molecule has 5 heterocycles. The first-order valence-electron chi connectivity index (χ1n) is 16.9. The van der Waals surface area contributed by atoms with Gasteiger partial charge in [0.25, 0.3) is 0 Å². The Morgan fingerprint density at radius 1 is 0.412 bits per heavy atom. The summed E-state index contributed by atoms with van der Waals surface area (Å²) >= 11 is 1.78. The summed E-state index contributed by atoms with van der Waals surface area (Å²) in [4.78, 5) is 20.9. The normalized spacial score (nSPS) is 11.9. The average Bonchev–Trinajstić information content (AvgIpc) is 3.86. The summed E-state index contributed by atoms with van der Waals surface area (Å²) in [6, 6.07) is 52.9. The van der Waals surface area contributed by atoms with E-state index in [-0.39, 0.29) is 0 Å². The van der Waals surface area contributed by atoms with Gasteiger partial charge in [0.05, 0.1) is 22.2 Å². The van der Waals surface area contributed by atoms with Crippen LogP contribution in [0.1, 0.15) is 0 Å². The van der Waals surface area contributed by atoms with Crippen LogP contribution < -0.4 is 0 Å². The highest BCUT2D eigenvalue weighted by Gasteiger charge is 2.22. The maximum Gasteiger partial charge on any atom is 0.238 e. The summed E-state index contributed by atoms with van der Waals surface area (Å²) in [7, 11) is 0. The van der Waals surface area contributed by atoms with E-state index in [1.807, 2.05) is 12.3 Å². The van der Waals surface area contributed by atoms with E-state index in [2.05, 4.69) is 155 Å². The number of nitrogens with zero attached hydrogens (tertiary/aromatic N) is 6. The minimum absolute atomic E-state index is 0.570. The molecular weight excluding hydrogens is 645 g/mol. The lowest BCUT2D eigenvalue weighted by Crippen LogP contribution is -2.08. The molecule has 5 aromatic heterocycles. The first kappa shape index (κ1) is 28.2. The molecule has 0 spiro atoms. The van der Waals surface area contributed by atoms with Crippen molar-refractivity contribution in [3.8, 4) is 34.4 Å². The van der Waals surface area contributed by atoms with Gasteiger partial charge in [-0.2, -0.15) is 9.97 Å². The lowest BCUT2D eigenvalue weighted by Gasteiger charge is -2.15. The summed E-state index contributed by atoms with van der Waals surface area (Å²) in [5.41, 5.74) is 6.87. The smallest absolute Gasteiger partial charge is 0.238 e. The summed E-state index contributed by atoms with van der Waals surface area (Å²) in [5.74, 6) is 1.79. The van der Waals surface area contributed by atoms with Crippen LogP contribution in [0.25, 0.3) is 98.3 Å². The Kier molecular flexibility index (Phi) is 6.02. The zero-order valence-electron chi connectivity index (χ0n) is 27.1. The van der Waals surface area contributed by atoms with Crippen molar-refractivity contribution in [2.24, 2.45) is 0 Å². The topological polar surface area (TPSA) is 61.4 Å². The number of fused-ring (bicyclic) bond motifs is 9. The van der Waals surface area contributed by atoms with Crippen molar-refractivity contribution < 1.29 is 0 Å². The largest absolute Gasteiger partial charge is 0.293 e. The van der Waals surface area contributed by atoms with Crippen molar-refractivity contribution in [1.29, 1.82) is 0 Å². The zero-order valence-corrected chi connectivity index (χ0v) is 27.9. The van der Waals surface area contributed by atoms with Gasteiger partial charge in [-0.3, -0.25) is 9.13 Å². The molecular formula is C44H26N6S. The molecule has 0 fully saturated rings. The Hall–Kier alpha value is -6.70. The number of benzene rings is 6. The van der Waals surface area contributed by atoms with Gasteiger partial charge in [0.1, 0.15) is 5.65 Å². The highest BCUT2D eigenvalue weighted by molar-refractivity contribution is 7.26. The fraction of sp³-hybridized carbons (Fsp3) is 0. The molecule has 0 aliphatic rings. The second-order valence-electron chi connectivity index (χ2n) is 12.7. The second-order valence-corrected chi connectivity index (χ2v) is 13.7. The number of aromatic nitrogens is 6. The highest BCUT2D eigenvalue weighted by atomic mass is 32.1. The predicted molar refractivity (Wildman–Crippen MR) is 210 cm³/mol. The van der Waals surface area contributed by atoms with Crippen molar-refractivity contribution in [2.45, 2.75) is 0 Å². The Labute approximate surface area is 295 Å². The Bertz CT molecular complexity index is 3060. The van der Waals surface area contributed by atoms with Crippen LogP contribution >= 0.6 is 11.3 Å². The van der Waals surface area contributed by atoms with Gasteiger partial charge in [-0.25, -0.2) is 9.97 Å². The van der Waals surface area contributed by atoms with E-state index in [1.54, 1.807) is 11.3 Å². The summed E-state index contributed by atoms with van der Waals surface area (Å²) in [6.07, 6.45) is 1.85. The number of rotatable bonds is 4. The van der Waals surface area contributed by atoms with Gasteiger partial charge in [0.15, 0.2) is 11.6 Å². The minimum atomic E-state index is 0.570. The second kappa shape index (κ2) is 10.9. The summed E-state index contributed by atoms with van der Waals surface area (Å²) < 4.78 is 6.80. The van der Waals surface area contributed by atoms with Crippen molar-refractivity contribution in [1.82, 2.24) is 29.1 Å². The molecule has 0 radical (unpaired) electrons. The molecule has 6 nitrogen and oxygen atoms in total. The van der Waals surface area contributed by atoms with Crippen LogP contribution in [0, 0.1) is 0 Å². The van der Waals surface area contributed by atoms with Gasteiger partial charge in [0, 0.05) is 59.0 Å². The van der Waals surface area contributed by atoms with Crippen molar-refractivity contribution in [3.63, 3.8) is 0 Å². The molecule has 7 heteroatoms. The molecule has 11 aromatic rings. The maximum absolute atomic E-state index is 5.34. The Morgan fingerprint density at radius 2 is 0.961 bits per heavy atom. The predicted octanol–water partition coefficient (Wildman–Crippen LogP) is 11.2. The molecule has 0 saturated carbocycles. The first-order valence-corrected chi connectivity index (χ1v) is 17.7. The van der Waals surface area contributed by atoms with Gasteiger partial charge < -0.3 is 0 Å². The third-order valence-electron chi connectivity index (χ3n) is 9.87. The number of para-hydroxylation sites is 4. The fourth-order valence-corrected chi connectivity index (χ4v) is 8.88. The third kappa shape index (κ3) is 4.16. The number of hydrogen-bond acceptors (Lipinski definition) is 5. The molecule has 0 aliphatic carbocycles. The van der Waals surface area contributed by atoms with E-state index >= 15 is 0 Å². The van der Waals surface area contributed by atoms with E-state index in [9.17, 15) is 0 Å². The standard InChI is InChI=1S/C44H26N6S/c1-7-22-36-27(13-1)28-14-2-8-23-37(28)50(36)44-47-41(46-42(48-44)34-19-11-18-31-30-16-5-10-25-39(30)51-40(31)34)33-17-4-9-24-38(33)49-35-21-6-3-15-29(35)32-20-12-26-45-43(32)49/h1-26H. The molecule has 0 N–H and O–H groups in total. The van der Waals surface area contributed by atoms with Crippen LogP contribution in [0.15, 0.2) is 158 Å². The number of hydrogen-bond donors (Lipinski definition) is 0. The molecule has 0 bridgehead atoms. The van der Waals surface area contributed by atoms with Crippen LogP contribution in [0.3, 0.4) is 0 Å². The van der Waals surface area contributed by atoms with Crippen LogP contribution in [0.5, 0.6) is 0 Å². The van der Waals surface area contributed by atoms with Gasteiger partial charge in [-0.05, 0) is 54.6 Å². The first-order chi connectivity index (χ1) is 25.3. The van der Waals surface area contributed by atoms with Crippen LogP contribution in [-0.4, -0.2) is 29.1 Å². The molecule has 0 aliphatic heterocycles. The van der Waals surface area contributed by atoms with Crippen LogP contribution in [0.2, 0.25) is 0 Å². The summed E-state index contributed by atoms with van der Waals surface area (Å²) in [6.45, 7) is 0. The average molecular weight is 671 g/mol. The Balaban J connectivity index is 1.24. The van der Waals surface area contributed by atoms with Crippen molar-refractivity contribution in [2.75, 3.05) is 0 Å². The van der Waals surface area contributed by atoms with E-state index in [1.165, 1.54) is 15.5 Å². The third-order valence-corrected chi connectivity index (χ3v) is 11.1.